The zero-order valence-electron chi connectivity index (χ0n) is 11.4. The van der Waals surface area contributed by atoms with Crippen molar-refractivity contribution in [2.45, 2.75) is 13.0 Å². The second kappa shape index (κ2) is 7.08. The first-order valence-electron chi connectivity index (χ1n) is 6.44. The molecule has 0 saturated heterocycles. The van der Waals surface area contributed by atoms with E-state index in [1.165, 1.54) is 6.07 Å². The van der Waals surface area contributed by atoms with Crippen molar-refractivity contribution in [2.75, 3.05) is 6.54 Å². The van der Waals surface area contributed by atoms with E-state index in [1.807, 2.05) is 37.3 Å². The number of hydrogen-bond acceptors (Lipinski definition) is 3. The maximum atomic E-state index is 11.8. The first-order chi connectivity index (χ1) is 10.1. The van der Waals surface area contributed by atoms with Crippen molar-refractivity contribution in [1.82, 2.24) is 10.6 Å². The summed E-state index contributed by atoms with van der Waals surface area (Å²) >= 11 is 3.11. The van der Waals surface area contributed by atoms with Crippen molar-refractivity contribution in [2.24, 2.45) is 0 Å². The Morgan fingerprint density at radius 3 is 2.52 bits per heavy atom. The molecule has 0 bridgehead atoms. The Labute approximate surface area is 130 Å². The average molecular weight is 351 g/mol. The third-order valence-electron chi connectivity index (χ3n) is 2.88. The van der Waals surface area contributed by atoms with Crippen LogP contribution in [0.5, 0.6) is 0 Å². The number of hydrogen-bond donors (Lipinski definition) is 2. The van der Waals surface area contributed by atoms with Crippen molar-refractivity contribution in [3.05, 3.63) is 58.5 Å². The summed E-state index contributed by atoms with van der Waals surface area (Å²) in [5.74, 6) is -0.528. The number of halogens is 1. The summed E-state index contributed by atoms with van der Waals surface area (Å²) in [7, 11) is 0. The standard InChI is InChI=1S/C15H15BrN2O3/c1-10(11-5-3-2-4-6-11)18-14(19)9-17-15(20)12-7-8-13(16)21-12/h2-8,10H,9H2,1H3,(H,17,20)(H,18,19)/t10-/m1/s1. The van der Waals surface area contributed by atoms with Gasteiger partial charge in [-0.25, -0.2) is 0 Å². The van der Waals surface area contributed by atoms with Gasteiger partial charge in [0.25, 0.3) is 5.91 Å². The number of rotatable bonds is 5. The molecule has 0 saturated carbocycles. The van der Waals surface area contributed by atoms with Crippen LogP contribution in [-0.2, 0) is 4.79 Å². The van der Waals surface area contributed by atoms with Crippen molar-refractivity contribution < 1.29 is 14.0 Å². The fourth-order valence-electron chi connectivity index (χ4n) is 1.80. The van der Waals surface area contributed by atoms with E-state index < -0.39 is 5.91 Å². The Morgan fingerprint density at radius 1 is 1.19 bits per heavy atom. The van der Waals surface area contributed by atoms with Gasteiger partial charge in [-0.3, -0.25) is 9.59 Å². The molecule has 5 nitrogen and oxygen atoms in total. The number of carbonyl (C=O) groups is 2. The first-order valence-corrected chi connectivity index (χ1v) is 7.23. The highest BCUT2D eigenvalue weighted by Gasteiger charge is 2.13. The fourth-order valence-corrected chi connectivity index (χ4v) is 2.11. The highest BCUT2D eigenvalue weighted by Crippen LogP contribution is 2.13. The number of nitrogens with one attached hydrogen (secondary N) is 2. The van der Waals surface area contributed by atoms with Crippen LogP contribution in [0.15, 0.2) is 51.6 Å². The van der Waals surface area contributed by atoms with Crippen LogP contribution >= 0.6 is 15.9 Å². The molecule has 0 unspecified atom stereocenters. The van der Waals surface area contributed by atoms with Gasteiger partial charge < -0.3 is 15.1 Å². The summed E-state index contributed by atoms with van der Waals surface area (Å²) in [6.45, 7) is 1.78. The number of amides is 2. The highest BCUT2D eigenvalue weighted by atomic mass is 79.9. The van der Waals surface area contributed by atoms with Gasteiger partial charge in [0.15, 0.2) is 10.4 Å². The molecule has 2 aromatic rings. The lowest BCUT2D eigenvalue weighted by atomic mass is 10.1. The van der Waals surface area contributed by atoms with Crippen LogP contribution in [0.4, 0.5) is 0 Å². The molecule has 0 spiro atoms. The quantitative estimate of drug-likeness (QED) is 0.870. The summed E-state index contributed by atoms with van der Waals surface area (Å²) in [6.07, 6.45) is 0. The minimum absolute atomic E-state index is 0.103. The van der Waals surface area contributed by atoms with Gasteiger partial charge in [-0.1, -0.05) is 30.3 Å². The second-order valence-corrected chi connectivity index (χ2v) is 5.27. The Kier molecular flexibility index (Phi) is 5.16. The second-order valence-electron chi connectivity index (χ2n) is 4.49. The normalized spacial score (nSPS) is 11.7. The molecule has 0 radical (unpaired) electrons. The van der Waals surface area contributed by atoms with Gasteiger partial charge in [-0.2, -0.15) is 0 Å². The Hall–Kier alpha value is -2.08. The Balaban J connectivity index is 1.81. The van der Waals surface area contributed by atoms with Crippen molar-refractivity contribution >= 4 is 27.7 Å². The van der Waals surface area contributed by atoms with Crippen molar-refractivity contribution in [3.63, 3.8) is 0 Å². The van der Waals surface area contributed by atoms with Gasteiger partial charge in [0.2, 0.25) is 5.91 Å². The molecule has 2 N–H and O–H groups in total. The molecule has 0 aliphatic heterocycles. The molecule has 110 valence electrons. The third-order valence-corrected chi connectivity index (χ3v) is 3.31. The summed E-state index contributed by atoms with van der Waals surface area (Å²) in [6, 6.07) is 12.6. The number of benzene rings is 1. The molecular weight excluding hydrogens is 336 g/mol. The molecule has 21 heavy (non-hydrogen) atoms. The minimum atomic E-state index is -0.428. The zero-order valence-corrected chi connectivity index (χ0v) is 13.0. The smallest absolute Gasteiger partial charge is 0.287 e. The molecule has 1 aromatic heterocycles. The van der Waals surface area contributed by atoms with E-state index in [9.17, 15) is 9.59 Å². The van der Waals surface area contributed by atoms with E-state index in [4.69, 9.17) is 4.42 Å². The number of carbonyl (C=O) groups excluding carboxylic acids is 2. The SMILES string of the molecule is C[C@@H](NC(=O)CNC(=O)c1ccc(Br)o1)c1ccccc1. The molecule has 0 aliphatic carbocycles. The van der Waals surface area contributed by atoms with Crippen molar-refractivity contribution in [3.8, 4) is 0 Å². The fraction of sp³-hybridized carbons (Fsp3) is 0.200. The van der Waals surface area contributed by atoms with Gasteiger partial charge in [0, 0.05) is 0 Å². The lowest BCUT2D eigenvalue weighted by Crippen LogP contribution is -2.37. The zero-order chi connectivity index (χ0) is 15.2. The van der Waals surface area contributed by atoms with Crippen LogP contribution in [0, 0.1) is 0 Å². The summed E-state index contributed by atoms with van der Waals surface area (Å²) in [5.41, 5.74) is 1.01. The van der Waals surface area contributed by atoms with Gasteiger partial charge in [-0.05, 0) is 40.5 Å². The maximum Gasteiger partial charge on any atom is 0.287 e. The molecule has 2 amide bonds. The monoisotopic (exact) mass is 350 g/mol. The van der Waals surface area contributed by atoms with Gasteiger partial charge in [0.05, 0.1) is 12.6 Å². The van der Waals surface area contributed by atoms with E-state index in [0.717, 1.165) is 5.56 Å². The van der Waals surface area contributed by atoms with Gasteiger partial charge in [-0.15, -0.1) is 0 Å². The molecular formula is C15H15BrN2O3. The summed E-state index contributed by atoms with van der Waals surface area (Å²) in [4.78, 5) is 23.5. The van der Waals surface area contributed by atoms with E-state index in [-0.39, 0.29) is 24.3 Å². The van der Waals surface area contributed by atoms with Crippen LogP contribution in [0.1, 0.15) is 29.1 Å². The van der Waals surface area contributed by atoms with E-state index in [1.54, 1.807) is 6.07 Å². The summed E-state index contributed by atoms with van der Waals surface area (Å²) < 4.78 is 5.57. The van der Waals surface area contributed by atoms with E-state index >= 15 is 0 Å². The lowest BCUT2D eigenvalue weighted by molar-refractivity contribution is -0.120. The summed E-state index contributed by atoms with van der Waals surface area (Å²) in [5, 5.41) is 5.32. The molecule has 1 aromatic carbocycles. The van der Waals surface area contributed by atoms with Crippen LogP contribution in [0.2, 0.25) is 0 Å². The Bertz CT molecular complexity index is 625. The largest absolute Gasteiger partial charge is 0.444 e. The lowest BCUT2D eigenvalue weighted by Gasteiger charge is -2.14. The molecule has 6 heteroatoms. The molecule has 2 rings (SSSR count). The molecule has 1 heterocycles. The van der Waals surface area contributed by atoms with Gasteiger partial charge in [0.1, 0.15) is 0 Å². The maximum absolute atomic E-state index is 11.8. The predicted molar refractivity (Wildman–Crippen MR) is 81.7 cm³/mol. The topological polar surface area (TPSA) is 71.3 Å². The molecule has 0 aliphatic rings. The highest BCUT2D eigenvalue weighted by molar-refractivity contribution is 9.10. The first kappa shape index (κ1) is 15.3. The third kappa shape index (κ3) is 4.46. The molecule has 0 fully saturated rings. The minimum Gasteiger partial charge on any atom is -0.444 e. The van der Waals surface area contributed by atoms with Crippen molar-refractivity contribution in [1.29, 1.82) is 0 Å². The molecule has 1 atom stereocenters. The number of furan rings is 1. The van der Waals surface area contributed by atoms with Crippen LogP contribution in [0.3, 0.4) is 0 Å². The van der Waals surface area contributed by atoms with Crippen LogP contribution in [0.25, 0.3) is 0 Å². The average Bonchev–Trinajstić information content (AvgIpc) is 2.92. The van der Waals surface area contributed by atoms with E-state index in [0.29, 0.717) is 4.67 Å². The predicted octanol–water partition coefficient (Wildman–Crippen LogP) is 2.65. The Morgan fingerprint density at radius 2 is 1.90 bits per heavy atom. The van der Waals surface area contributed by atoms with Gasteiger partial charge >= 0.3 is 0 Å². The van der Waals surface area contributed by atoms with E-state index in [2.05, 4.69) is 26.6 Å². The van der Waals surface area contributed by atoms with Crippen LogP contribution in [-0.4, -0.2) is 18.4 Å². The van der Waals surface area contributed by atoms with Crippen LogP contribution < -0.4 is 10.6 Å².